The molecule has 2 nitrogen and oxygen atoms in total. The van der Waals surface area contributed by atoms with Crippen molar-refractivity contribution in [3.8, 4) is 0 Å². The lowest BCUT2D eigenvalue weighted by Gasteiger charge is -2.28. The average molecular weight is 355 g/mol. The van der Waals surface area contributed by atoms with Gasteiger partial charge in [-0.15, -0.1) is 13.2 Å². The molecular weight excluding hydrogens is 320 g/mol. The van der Waals surface area contributed by atoms with Crippen LogP contribution in [0.5, 0.6) is 0 Å². The Morgan fingerprint density at radius 1 is 0.962 bits per heavy atom. The molecule has 0 saturated heterocycles. The Labute approximate surface area is 159 Å². The molecule has 26 heavy (non-hydrogen) atoms. The van der Waals surface area contributed by atoms with Gasteiger partial charge in [0.05, 0.1) is 5.56 Å². The molecule has 0 amide bonds. The topological polar surface area (TPSA) is 26.3 Å². The number of rotatable bonds is 11. The summed E-state index contributed by atoms with van der Waals surface area (Å²) in [4.78, 5) is 12.3. The Balaban J connectivity index is 1.64. The second kappa shape index (κ2) is 11.7. The second-order valence-electron chi connectivity index (χ2n) is 7.52. The van der Waals surface area contributed by atoms with Gasteiger partial charge in [-0.2, -0.15) is 0 Å². The van der Waals surface area contributed by atoms with E-state index in [0.29, 0.717) is 5.56 Å². The number of hydrogen-bond donors (Lipinski definition) is 0. The summed E-state index contributed by atoms with van der Waals surface area (Å²) < 4.78 is 5.73. The van der Waals surface area contributed by atoms with Gasteiger partial charge in [0.1, 0.15) is 6.10 Å². The molecule has 0 aromatic heterocycles. The van der Waals surface area contributed by atoms with E-state index in [0.717, 1.165) is 31.6 Å². The Morgan fingerprint density at radius 2 is 1.65 bits per heavy atom. The summed E-state index contributed by atoms with van der Waals surface area (Å²) in [5.41, 5.74) is 1.82. The maximum Gasteiger partial charge on any atom is 0.338 e. The molecule has 0 aliphatic heterocycles. The number of unbranched alkanes of at least 4 members (excludes halogenated alkanes) is 4. The summed E-state index contributed by atoms with van der Waals surface area (Å²) in [5.74, 6) is 0.642. The molecule has 1 fully saturated rings. The molecular formula is C24H34O2. The largest absolute Gasteiger partial charge is 0.459 e. The van der Waals surface area contributed by atoms with Gasteiger partial charge in [0.25, 0.3) is 0 Å². The normalized spacial score (nSPS) is 19.7. The van der Waals surface area contributed by atoms with E-state index in [2.05, 4.69) is 13.2 Å². The lowest BCUT2D eigenvalue weighted by molar-refractivity contribution is 0.0161. The lowest BCUT2D eigenvalue weighted by Crippen LogP contribution is -2.24. The van der Waals surface area contributed by atoms with E-state index in [1.165, 1.54) is 50.5 Å². The van der Waals surface area contributed by atoms with Crippen molar-refractivity contribution < 1.29 is 9.53 Å². The van der Waals surface area contributed by atoms with Crippen molar-refractivity contribution in [2.45, 2.75) is 76.7 Å². The third-order valence-corrected chi connectivity index (χ3v) is 5.41. The minimum absolute atomic E-state index is 0.0965. The number of ether oxygens (including phenoxy) is 1. The average Bonchev–Trinajstić information content (AvgIpc) is 2.66. The molecule has 2 heteroatoms. The molecule has 0 radical (unpaired) electrons. The molecule has 2 rings (SSSR count). The van der Waals surface area contributed by atoms with E-state index < -0.39 is 0 Å². The minimum atomic E-state index is -0.180. The molecule has 1 aromatic rings. The van der Waals surface area contributed by atoms with E-state index >= 15 is 0 Å². The fraction of sp³-hybridized carbons (Fsp3) is 0.542. The van der Waals surface area contributed by atoms with Gasteiger partial charge in [0, 0.05) is 0 Å². The van der Waals surface area contributed by atoms with E-state index in [4.69, 9.17) is 4.74 Å². The maximum absolute atomic E-state index is 12.3. The quantitative estimate of drug-likeness (QED) is 0.252. The molecule has 0 N–H and O–H groups in total. The number of carbonyl (C=O) groups excluding carboxylic acids is 1. The summed E-state index contributed by atoms with van der Waals surface area (Å²) in [7, 11) is 0. The Morgan fingerprint density at radius 3 is 2.31 bits per heavy atom. The monoisotopic (exact) mass is 354 g/mol. The molecule has 1 saturated carbocycles. The number of hydrogen-bond acceptors (Lipinski definition) is 2. The van der Waals surface area contributed by atoms with Crippen LogP contribution in [0.1, 0.15) is 80.1 Å². The number of carbonyl (C=O) groups is 1. The Bertz CT molecular complexity index is 550. The standard InChI is InChI=1S/C24H34O2/c1-3-5-6-7-8-9-11-21-14-18-23(19-15-21)26-24(25)22-16-12-20(10-4-2)13-17-22/h3-4,12-13,16-17,21,23H,1-2,5-11,14-15,18-19H2. The zero-order valence-corrected chi connectivity index (χ0v) is 16.1. The number of esters is 1. The van der Waals surface area contributed by atoms with Crippen LogP contribution in [0.4, 0.5) is 0 Å². The first-order valence-corrected chi connectivity index (χ1v) is 10.2. The Hall–Kier alpha value is -1.83. The zero-order chi connectivity index (χ0) is 18.6. The summed E-state index contributed by atoms with van der Waals surface area (Å²) in [6.07, 6.45) is 17.0. The van der Waals surface area contributed by atoms with Crippen molar-refractivity contribution in [3.05, 3.63) is 60.7 Å². The van der Waals surface area contributed by atoms with E-state index in [1.807, 2.05) is 36.4 Å². The highest BCUT2D eigenvalue weighted by Gasteiger charge is 2.24. The van der Waals surface area contributed by atoms with Gasteiger partial charge in [-0.25, -0.2) is 4.79 Å². The van der Waals surface area contributed by atoms with Crippen molar-refractivity contribution in [3.63, 3.8) is 0 Å². The summed E-state index contributed by atoms with van der Waals surface area (Å²) in [6, 6.07) is 7.67. The second-order valence-corrected chi connectivity index (χ2v) is 7.52. The van der Waals surface area contributed by atoms with Crippen LogP contribution in [0.2, 0.25) is 0 Å². The van der Waals surface area contributed by atoms with Gasteiger partial charge >= 0.3 is 5.97 Å². The molecule has 0 bridgehead atoms. The first kappa shape index (κ1) is 20.5. The fourth-order valence-electron chi connectivity index (χ4n) is 3.78. The third kappa shape index (κ3) is 7.19. The number of allylic oxidation sites excluding steroid dienone is 2. The molecule has 142 valence electrons. The van der Waals surface area contributed by atoms with Gasteiger partial charge < -0.3 is 4.74 Å². The molecule has 0 unspecified atom stereocenters. The van der Waals surface area contributed by atoms with Crippen LogP contribution in [0, 0.1) is 5.92 Å². The van der Waals surface area contributed by atoms with Crippen LogP contribution in [0.3, 0.4) is 0 Å². The highest BCUT2D eigenvalue weighted by Crippen LogP contribution is 2.30. The predicted octanol–water partition coefficient (Wildman–Crippen LogP) is 6.66. The maximum atomic E-state index is 12.3. The highest BCUT2D eigenvalue weighted by molar-refractivity contribution is 5.89. The van der Waals surface area contributed by atoms with Crippen LogP contribution < -0.4 is 0 Å². The lowest BCUT2D eigenvalue weighted by atomic mass is 9.84. The molecule has 0 heterocycles. The van der Waals surface area contributed by atoms with Gasteiger partial charge in [0.15, 0.2) is 0 Å². The van der Waals surface area contributed by atoms with Crippen LogP contribution >= 0.6 is 0 Å². The van der Waals surface area contributed by atoms with E-state index in [1.54, 1.807) is 0 Å². The van der Waals surface area contributed by atoms with E-state index in [9.17, 15) is 4.79 Å². The van der Waals surface area contributed by atoms with Crippen LogP contribution in [-0.2, 0) is 11.2 Å². The summed E-state index contributed by atoms with van der Waals surface area (Å²) in [5, 5.41) is 0. The van der Waals surface area contributed by atoms with Crippen LogP contribution in [-0.4, -0.2) is 12.1 Å². The Kier molecular flexibility index (Phi) is 9.23. The molecule has 0 spiro atoms. The zero-order valence-electron chi connectivity index (χ0n) is 16.1. The van der Waals surface area contributed by atoms with Crippen molar-refractivity contribution in [2.75, 3.05) is 0 Å². The van der Waals surface area contributed by atoms with Gasteiger partial charge in [-0.3, -0.25) is 0 Å². The van der Waals surface area contributed by atoms with Crippen molar-refractivity contribution >= 4 is 5.97 Å². The summed E-state index contributed by atoms with van der Waals surface area (Å²) >= 11 is 0. The minimum Gasteiger partial charge on any atom is -0.459 e. The third-order valence-electron chi connectivity index (χ3n) is 5.41. The molecule has 0 atom stereocenters. The number of benzene rings is 1. The van der Waals surface area contributed by atoms with Gasteiger partial charge in [-0.1, -0.05) is 50.0 Å². The predicted molar refractivity (Wildman–Crippen MR) is 109 cm³/mol. The highest BCUT2D eigenvalue weighted by atomic mass is 16.5. The molecule has 1 aliphatic carbocycles. The fourth-order valence-corrected chi connectivity index (χ4v) is 3.78. The first-order valence-electron chi connectivity index (χ1n) is 10.2. The van der Waals surface area contributed by atoms with Crippen LogP contribution in [0.15, 0.2) is 49.6 Å². The van der Waals surface area contributed by atoms with Crippen molar-refractivity contribution in [2.24, 2.45) is 5.92 Å². The molecule has 1 aromatic carbocycles. The first-order chi connectivity index (χ1) is 12.7. The van der Waals surface area contributed by atoms with Gasteiger partial charge in [0.2, 0.25) is 0 Å². The van der Waals surface area contributed by atoms with Crippen molar-refractivity contribution in [1.82, 2.24) is 0 Å². The van der Waals surface area contributed by atoms with Gasteiger partial charge in [-0.05, 0) is 68.6 Å². The SMILES string of the molecule is C=CCCCCCCC1CCC(OC(=O)c2ccc(CC=C)cc2)CC1. The molecule has 1 aliphatic rings. The van der Waals surface area contributed by atoms with Crippen LogP contribution in [0.25, 0.3) is 0 Å². The smallest absolute Gasteiger partial charge is 0.338 e. The summed E-state index contributed by atoms with van der Waals surface area (Å²) in [6.45, 7) is 7.51. The van der Waals surface area contributed by atoms with E-state index in [-0.39, 0.29) is 12.1 Å². The van der Waals surface area contributed by atoms with Crippen molar-refractivity contribution in [1.29, 1.82) is 0 Å².